The summed E-state index contributed by atoms with van der Waals surface area (Å²) in [7, 11) is 1.81. The molecule has 5 heteroatoms. The van der Waals surface area contributed by atoms with Crippen LogP contribution in [-0.4, -0.2) is 29.8 Å². The molecule has 0 aromatic heterocycles. The Morgan fingerprint density at radius 2 is 1.79 bits per heavy atom. The Morgan fingerprint density at radius 3 is 2.31 bits per heavy atom. The fourth-order valence-corrected chi connectivity index (χ4v) is 3.89. The molecule has 1 radical (unpaired) electrons. The second-order valence-electron chi connectivity index (χ2n) is 9.78. The first-order chi connectivity index (χ1) is 13.4. The van der Waals surface area contributed by atoms with Crippen LogP contribution in [0.15, 0.2) is 18.2 Å². The topological polar surface area (TPSA) is 29.5 Å². The number of nitrogens with zero attached hydrogens (tertiary/aromatic N) is 1. The first-order valence-corrected chi connectivity index (χ1v) is 11.5. The van der Waals surface area contributed by atoms with E-state index >= 15 is 0 Å². The number of fused-ring (bicyclic) bond motifs is 1. The summed E-state index contributed by atoms with van der Waals surface area (Å²) in [5.74, 6) is 0.985. The Hall–Kier alpha value is -0.935. The molecule has 1 saturated carbocycles. The molecule has 0 atom stereocenters. The molecule has 1 amide bonds. The standard InChI is InChI=1S/C22H33BNO2S.C2H6/c1-8-14-11-16(12-14)24-18-13-15(23-26-21(4,5)22(6,7)27)9-10-17(18)20(2,3)19(24)25;1-2/h9-10,13-14,16,27H,8,11-12H2,1-7H3;1-2H3. The van der Waals surface area contributed by atoms with Crippen molar-refractivity contribution in [2.24, 2.45) is 5.92 Å². The van der Waals surface area contributed by atoms with Gasteiger partial charge in [0.2, 0.25) is 5.91 Å². The van der Waals surface area contributed by atoms with Crippen LogP contribution in [0.5, 0.6) is 0 Å². The number of amides is 1. The summed E-state index contributed by atoms with van der Waals surface area (Å²) in [4.78, 5) is 15.2. The van der Waals surface area contributed by atoms with Crippen molar-refractivity contribution in [1.82, 2.24) is 0 Å². The van der Waals surface area contributed by atoms with Crippen molar-refractivity contribution >= 4 is 37.2 Å². The molecule has 161 valence electrons. The lowest BCUT2D eigenvalue weighted by Crippen LogP contribution is -2.49. The van der Waals surface area contributed by atoms with Gasteiger partial charge in [-0.3, -0.25) is 4.79 Å². The summed E-state index contributed by atoms with van der Waals surface area (Å²) in [6.07, 6.45) is 3.43. The van der Waals surface area contributed by atoms with Crippen molar-refractivity contribution in [2.45, 2.75) is 103 Å². The van der Waals surface area contributed by atoms with Crippen LogP contribution in [0, 0.1) is 5.92 Å². The third kappa shape index (κ3) is 4.56. The molecule has 3 rings (SSSR count). The minimum absolute atomic E-state index is 0.229. The predicted molar refractivity (Wildman–Crippen MR) is 129 cm³/mol. The summed E-state index contributed by atoms with van der Waals surface area (Å²) in [6.45, 7) is 18.5. The van der Waals surface area contributed by atoms with Gasteiger partial charge in [0.1, 0.15) is 0 Å². The second kappa shape index (κ2) is 8.67. The van der Waals surface area contributed by atoms with E-state index in [0.29, 0.717) is 6.04 Å². The highest BCUT2D eigenvalue weighted by Gasteiger charge is 2.49. The molecule has 1 aliphatic heterocycles. The first kappa shape index (κ1) is 24.3. The van der Waals surface area contributed by atoms with Crippen molar-refractivity contribution in [3.05, 3.63) is 23.8 Å². The van der Waals surface area contributed by atoms with E-state index in [4.69, 9.17) is 4.65 Å². The zero-order chi connectivity index (χ0) is 22.2. The third-order valence-corrected chi connectivity index (χ3v) is 7.36. The Balaban J connectivity index is 0.00000145. The zero-order valence-corrected chi connectivity index (χ0v) is 20.7. The third-order valence-electron chi connectivity index (χ3n) is 6.82. The van der Waals surface area contributed by atoms with Crippen molar-refractivity contribution in [3.8, 4) is 0 Å². The lowest BCUT2D eigenvalue weighted by atomic mass is 9.77. The molecule has 1 fully saturated rings. The number of anilines is 1. The van der Waals surface area contributed by atoms with Crippen LogP contribution in [0.1, 0.15) is 87.1 Å². The van der Waals surface area contributed by atoms with Crippen molar-refractivity contribution in [3.63, 3.8) is 0 Å². The maximum Gasteiger partial charge on any atom is 0.330 e. The van der Waals surface area contributed by atoms with Gasteiger partial charge in [-0.2, -0.15) is 12.6 Å². The van der Waals surface area contributed by atoms with E-state index in [9.17, 15) is 4.79 Å². The summed E-state index contributed by atoms with van der Waals surface area (Å²) >= 11 is 4.66. The fourth-order valence-electron chi connectivity index (χ4n) is 3.84. The van der Waals surface area contributed by atoms with Gasteiger partial charge in [0.15, 0.2) is 0 Å². The molecule has 0 N–H and O–H groups in total. The maximum absolute atomic E-state index is 13.1. The Labute approximate surface area is 184 Å². The van der Waals surface area contributed by atoms with Crippen LogP contribution >= 0.6 is 12.6 Å². The molecule has 1 aliphatic carbocycles. The molecule has 1 heterocycles. The minimum Gasteiger partial charge on any atom is -0.428 e. The number of carbonyl (C=O) groups is 1. The molecule has 0 unspecified atom stereocenters. The predicted octanol–water partition coefficient (Wildman–Crippen LogP) is 5.27. The van der Waals surface area contributed by atoms with E-state index < -0.39 is 11.0 Å². The van der Waals surface area contributed by atoms with Gasteiger partial charge in [-0.15, -0.1) is 0 Å². The number of hydrogen-bond donors (Lipinski definition) is 1. The van der Waals surface area contributed by atoms with Crippen LogP contribution in [0.25, 0.3) is 0 Å². The summed E-state index contributed by atoms with van der Waals surface area (Å²) in [5, 5.41) is 0. The average Bonchev–Trinajstić information content (AvgIpc) is 2.80. The van der Waals surface area contributed by atoms with Gasteiger partial charge in [0.05, 0.1) is 11.0 Å². The van der Waals surface area contributed by atoms with Gasteiger partial charge in [-0.25, -0.2) is 0 Å². The highest BCUT2D eigenvalue weighted by Crippen LogP contribution is 2.46. The number of hydrogen-bond acceptors (Lipinski definition) is 3. The Kier molecular flexibility index (Phi) is 7.27. The molecule has 2 aliphatic rings. The van der Waals surface area contributed by atoms with Gasteiger partial charge in [-0.1, -0.05) is 44.8 Å². The average molecular weight is 416 g/mol. The Morgan fingerprint density at radius 1 is 1.21 bits per heavy atom. The maximum atomic E-state index is 13.1. The molecule has 1 aromatic rings. The van der Waals surface area contributed by atoms with Crippen LogP contribution in [0.3, 0.4) is 0 Å². The summed E-state index contributed by atoms with van der Waals surface area (Å²) in [6, 6.07) is 6.60. The monoisotopic (exact) mass is 416 g/mol. The van der Waals surface area contributed by atoms with Crippen LogP contribution in [-0.2, 0) is 14.9 Å². The highest BCUT2D eigenvalue weighted by atomic mass is 32.1. The van der Waals surface area contributed by atoms with E-state index in [1.807, 2.05) is 49.0 Å². The van der Waals surface area contributed by atoms with Crippen molar-refractivity contribution < 1.29 is 9.45 Å². The molecule has 3 nitrogen and oxygen atoms in total. The zero-order valence-electron chi connectivity index (χ0n) is 19.8. The Bertz CT molecular complexity index is 733. The quantitative estimate of drug-likeness (QED) is 0.506. The van der Waals surface area contributed by atoms with E-state index in [2.05, 4.69) is 56.5 Å². The molecule has 1 aromatic carbocycles. The number of carbonyl (C=O) groups excluding carboxylic acids is 1. The molecule has 0 spiro atoms. The van der Waals surface area contributed by atoms with Crippen molar-refractivity contribution in [2.75, 3.05) is 4.90 Å². The molecule has 0 saturated heterocycles. The van der Waals surface area contributed by atoms with Crippen molar-refractivity contribution in [1.29, 1.82) is 0 Å². The molecule has 0 bridgehead atoms. The van der Waals surface area contributed by atoms with E-state index in [1.54, 1.807) is 0 Å². The molecule has 29 heavy (non-hydrogen) atoms. The highest BCUT2D eigenvalue weighted by molar-refractivity contribution is 7.81. The van der Waals surface area contributed by atoms with Crippen LogP contribution < -0.4 is 10.4 Å². The summed E-state index contributed by atoms with van der Waals surface area (Å²) < 4.78 is 5.81. The van der Waals surface area contributed by atoms with Gasteiger partial charge in [-0.05, 0) is 71.9 Å². The fraction of sp³-hybridized carbons (Fsp3) is 0.708. The largest absolute Gasteiger partial charge is 0.428 e. The molecular weight excluding hydrogens is 377 g/mol. The van der Waals surface area contributed by atoms with Gasteiger partial charge in [0, 0.05) is 16.5 Å². The summed E-state index contributed by atoms with van der Waals surface area (Å²) in [5.41, 5.74) is 2.30. The normalized spacial score (nSPS) is 23.1. The SMILES string of the molecule is CC.CCC1CC(N2C(=O)C(C)(C)c3ccc([B]OC(C)(C)C(C)(C)S)cc32)C1. The van der Waals surface area contributed by atoms with Gasteiger partial charge in [0.25, 0.3) is 0 Å². The van der Waals surface area contributed by atoms with E-state index in [1.165, 1.54) is 6.42 Å². The minimum atomic E-state index is -0.460. The second-order valence-corrected chi connectivity index (χ2v) is 10.9. The molecular formula is C24H39BNO2S. The van der Waals surface area contributed by atoms with E-state index in [0.717, 1.165) is 35.5 Å². The van der Waals surface area contributed by atoms with Gasteiger partial charge >= 0.3 is 7.48 Å². The smallest absolute Gasteiger partial charge is 0.330 e. The lowest BCUT2D eigenvalue weighted by molar-refractivity contribution is -0.123. The van der Waals surface area contributed by atoms with Gasteiger partial charge < -0.3 is 9.55 Å². The lowest BCUT2D eigenvalue weighted by Gasteiger charge is -2.41. The van der Waals surface area contributed by atoms with Crippen LogP contribution in [0.2, 0.25) is 0 Å². The van der Waals surface area contributed by atoms with Crippen LogP contribution in [0.4, 0.5) is 5.69 Å². The number of benzene rings is 1. The first-order valence-electron chi connectivity index (χ1n) is 11.1. The number of thiol groups is 1. The van der Waals surface area contributed by atoms with E-state index in [-0.39, 0.29) is 10.7 Å². The number of rotatable bonds is 6.